The second kappa shape index (κ2) is 4.18. The highest BCUT2D eigenvalue weighted by Gasteiger charge is 2.30. The van der Waals surface area contributed by atoms with Crippen molar-refractivity contribution in [1.29, 1.82) is 0 Å². The maximum atomic E-state index is 11.6. The fraction of sp³-hybridized carbons (Fsp3) is 0.800. The molecule has 0 aromatic heterocycles. The van der Waals surface area contributed by atoms with Crippen molar-refractivity contribution in [2.75, 3.05) is 20.1 Å². The van der Waals surface area contributed by atoms with Gasteiger partial charge in [-0.15, -0.1) is 0 Å². The van der Waals surface area contributed by atoms with Gasteiger partial charge in [0.05, 0.1) is 6.54 Å². The molecule has 84 valence electrons. The standard InChI is InChI=1S/C10H17N3O2/c1-13(8-2-3-8)10(15)6-11-7-4-9(14)12-5-7/h7-8,11H,2-6H2,1H3,(H,12,14). The van der Waals surface area contributed by atoms with Crippen LogP contribution in [-0.2, 0) is 9.59 Å². The number of hydrogen-bond acceptors (Lipinski definition) is 3. The number of rotatable bonds is 4. The summed E-state index contributed by atoms with van der Waals surface area (Å²) >= 11 is 0. The van der Waals surface area contributed by atoms with E-state index >= 15 is 0 Å². The van der Waals surface area contributed by atoms with Crippen molar-refractivity contribution in [3.63, 3.8) is 0 Å². The quantitative estimate of drug-likeness (QED) is 0.632. The molecule has 0 spiro atoms. The molecule has 2 amide bonds. The molecule has 1 saturated carbocycles. The van der Waals surface area contributed by atoms with E-state index in [9.17, 15) is 9.59 Å². The van der Waals surface area contributed by atoms with Crippen LogP contribution < -0.4 is 10.6 Å². The van der Waals surface area contributed by atoms with Crippen molar-refractivity contribution in [1.82, 2.24) is 15.5 Å². The van der Waals surface area contributed by atoms with E-state index < -0.39 is 0 Å². The summed E-state index contributed by atoms with van der Waals surface area (Å²) in [4.78, 5) is 24.3. The van der Waals surface area contributed by atoms with E-state index in [2.05, 4.69) is 10.6 Å². The molecule has 2 fully saturated rings. The van der Waals surface area contributed by atoms with Gasteiger partial charge in [-0.2, -0.15) is 0 Å². The molecule has 0 bridgehead atoms. The van der Waals surface area contributed by atoms with Crippen LogP contribution in [0.15, 0.2) is 0 Å². The van der Waals surface area contributed by atoms with E-state index in [4.69, 9.17) is 0 Å². The third kappa shape index (κ3) is 2.68. The van der Waals surface area contributed by atoms with E-state index in [0.717, 1.165) is 12.8 Å². The van der Waals surface area contributed by atoms with E-state index in [1.165, 1.54) is 0 Å². The van der Waals surface area contributed by atoms with Gasteiger partial charge in [-0.05, 0) is 12.8 Å². The third-order valence-electron chi connectivity index (χ3n) is 3.01. The normalized spacial score (nSPS) is 25.1. The molecule has 0 aromatic rings. The Balaban J connectivity index is 1.68. The zero-order chi connectivity index (χ0) is 10.8. The van der Waals surface area contributed by atoms with Crippen LogP contribution in [0.4, 0.5) is 0 Å². The van der Waals surface area contributed by atoms with Crippen molar-refractivity contribution < 1.29 is 9.59 Å². The third-order valence-corrected chi connectivity index (χ3v) is 3.01. The highest BCUT2D eigenvalue weighted by Crippen LogP contribution is 2.25. The lowest BCUT2D eigenvalue weighted by Gasteiger charge is -2.18. The molecule has 2 N–H and O–H groups in total. The fourth-order valence-electron chi connectivity index (χ4n) is 1.77. The van der Waals surface area contributed by atoms with Crippen LogP contribution >= 0.6 is 0 Å². The minimum Gasteiger partial charge on any atom is -0.354 e. The zero-order valence-electron chi connectivity index (χ0n) is 8.95. The van der Waals surface area contributed by atoms with Crippen LogP contribution in [-0.4, -0.2) is 48.9 Å². The Morgan fingerprint density at radius 2 is 2.33 bits per heavy atom. The fourth-order valence-corrected chi connectivity index (χ4v) is 1.77. The van der Waals surface area contributed by atoms with Gasteiger partial charge < -0.3 is 15.5 Å². The first kappa shape index (κ1) is 10.4. The van der Waals surface area contributed by atoms with Crippen molar-refractivity contribution in [3.8, 4) is 0 Å². The average molecular weight is 211 g/mol. The molecule has 15 heavy (non-hydrogen) atoms. The molecule has 5 nitrogen and oxygen atoms in total. The predicted molar refractivity (Wildman–Crippen MR) is 55.2 cm³/mol. The highest BCUT2D eigenvalue weighted by molar-refractivity contribution is 5.80. The highest BCUT2D eigenvalue weighted by atomic mass is 16.2. The number of carbonyl (C=O) groups is 2. The Morgan fingerprint density at radius 1 is 1.60 bits per heavy atom. The molecule has 1 unspecified atom stereocenters. The van der Waals surface area contributed by atoms with Gasteiger partial charge in [0.2, 0.25) is 11.8 Å². The summed E-state index contributed by atoms with van der Waals surface area (Å²) in [7, 11) is 1.85. The van der Waals surface area contributed by atoms with Gasteiger partial charge in [0.25, 0.3) is 0 Å². The Labute approximate surface area is 89.2 Å². The van der Waals surface area contributed by atoms with Crippen LogP contribution in [0.3, 0.4) is 0 Å². The summed E-state index contributed by atoms with van der Waals surface area (Å²) in [5, 5.41) is 5.83. The second-order valence-electron chi connectivity index (χ2n) is 4.32. The molecule has 1 atom stereocenters. The van der Waals surface area contributed by atoms with Crippen molar-refractivity contribution in [2.24, 2.45) is 0 Å². The van der Waals surface area contributed by atoms with Crippen LogP contribution in [0.25, 0.3) is 0 Å². The van der Waals surface area contributed by atoms with Gasteiger partial charge >= 0.3 is 0 Å². The Hall–Kier alpha value is -1.10. The van der Waals surface area contributed by atoms with Crippen LogP contribution in [0, 0.1) is 0 Å². The Bertz CT molecular complexity index is 276. The maximum Gasteiger partial charge on any atom is 0.236 e. The number of likely N-dealkylation sites (N-methyl/N-ethyl adjacent to an activating group) is 1. The number of amides is 2. The van der Waals surface area contributed by atoms with Crippen LogP contribution in [0.5, 0.6) is 0 Å². The van der Waals surface area contributed by atoms with Gasteiger partial charge in [0, 0.05) is 32.1 Å². The first-order valence-electron chi connectivity index (χ1n) is 5.42. The monoisotopic (exact) mass is 211 g/mol. The van der Waals surface area contributed by atoms with Gasteiger partial charge in [0.1, 0.15) is 0 Å². The summed E-state index contributed by atoms with van der Waals surface area (Å²) in [6.45, 7) is 0.978. The van der Waals surface area contributed by atoms with Crippen molar-refractivity contribution >= 4 is 11.8 Å². The molecule has 1 heterocycles. The number of hydrogen-bond donors (Lipinski definition) is 2. The van der Waals surface area contributed by atoms with Crippen molar-refractivity contribution in [2.45, 2.75) is 31.3 Å². The minimum atomic E-state index is 0.0653. The number of nitrogens with zero attached hydrogens (tertiary/aromatic N) is 1. The first-order valence-corrected chi connectivity index (χ1v) is 5.42. The van der Waals surface area contributed by atoms with Crippen LogP contribution in [0.2, 0.25) is 0 Å². The molecule has 2 aliphatic rings. The summed E-state index contributed by atoms with van der Waals surface area (Å²) in [6.07, 6.45) is 2.75. The number of carbonyl (C=O) groups excluding carboxylic acids is 2. The molecule has 0 aromatic carbocycles. The summed E-state index contributed by atoms with van der Waals surface area (Å²) in [6, 6.07) is 0.580. The molecule has 2 rings (SSSR count). The van der Waals surface area contributed by atoms with E-state index in [1.807, 2.05) is 7.05 Å². The maximum absolute atomic E-state index is 11.6. The minimum absolute atomic E-state index is 0.0653. The summed E-state index contributed by atoms with van der Waals surface area (Å²) in [5.41, 5.74) is 0. The van der Waals surface area contributed by atoms with E-state index in [0.29, 0.717) is 25.6 Å². The molecular formula is C10H17N3O2. The number of nitrogens with one attached hydrogen (secondary N) is 2. The molecular weight excluding hydrogens is 194 g/mol. The van der Waals surface area contributed by atoms with E-state index in [-0.39, 0.29) is 17.9 Å². The largest absolute Gasteiger partial charge is 0.354 e. The Morgan fingerprint density at radius 3 is 2.87 bits per heavy atom. The van der Waals surface area contributed by atoms with Gasteiger partial charge in [-0.1, -0.05) is 0 Å². The average Bonchev–Trinajstić information content (AvgIpc) is 2.98. The molecule has 5 heteroatoms. The molecule has 1 saturated heterocycles. The first-order chi connectivity index (χ1) is 7.16. The lowest BCUT2D eigenvalue weighted by molar-refractivity contribution is -0.129. The summed E-state index contributed by atoms with van der Waals surface area (Å²) < 4.78 is 0. The van der Waals surface area contributed by atoms with Gasteiger partial charge in [0.15, 0.2) is 0 Å². The molecule has 1 aliphatic carbocycles. The SMILES string of the molecule is CN(C(=O)CNC1CNC(=O)C1)C1CC1. The molecule has 1 aliphatic heterocycles. The van der Waals surface area contributed by atoms with Crippen LogP contribution in [0.1, 0.15) is 19.3 Å². The summed E-state index contributed by atoms with van der Waals surface area (Å²) in [5.74, 6) is 0.187. The second-order valence-corrected chi connectivity index (χ2v) is 4.32. The zero-order valence-corrected chi connectivity index (χ0v) is 8.95. The Kier molecular flexibility index (Phi) is 2.90. The van der Waals surface area contributed by atoms with Gasteiger partial charge in [-0.25, -0.2) is 0 Å². The van der Waals surface area contributed by atoms with Gasteiger partial charge in [-0.3, -0.25) is 9.59 Å². The predicted octanol–water partition coefficient (Wildman–Crippen LogP) is -0.915. The van der Waals surface area contributed by atoms with E-state index in [1.54, 1.807) is 4.90 Å². The topological polar surface area (TPSA) is 61.4 Å². The lowest BCUT2D eigenvalue weighted by atomic mass is 10.2. The smallest absolute Gasteiger partial charge is 0.236 e. The lowest BCUT2D eigenvalue weighted by Crippen LogP contribution is -2.41. The molecule has 0 radical (unpaired) electrons. The van der Waals surface area contributed by atoms with Crippen molar-refractivity contribution in [3.05, 3.63) is 0 Å².